The lowest BCUT2D eigenvalue weighted by atomic mass is 10.2. The van der Waals surface area contributed by atoms with Crippen molar-refractivity contribution in [2.45, 2.75) is 6.10 Å². The van der Waals surface area contributed by atoms with Crippen LogP contribution in [0.1, 0.15) is 11.8 Å². The van der Waals surface area contributed by atoms with Gasteiger partial charge in [-0.15, -0.1) is 0 Å². The molecule has 132 valence electrons. The first-order chi connectivity index (χ1) is 12.1. The molecule has 0 aliphatic carbocycles. The number of benzene rings is 1. The number of ether oxygens (including phenoxy) is 2. The summed E-state index contributed by atoms with van der Waals surface area (Å²) in [6.07, 6.45) is 1.46. The highest BCUT2D eigenvalue weighted by Crippen LogP contribution is 2.21. The molecule has 1 aliphatic rings. The van der Waals surface area contributed by atoms with Crippen LogP contribution in [0.2, 0.25) is 0 Å². The van der Waals surface area contributed by atoms with Crippen LogP contribution in [0.25, 0.3) is 0 Å². The molecule has 0 spiro atoms. The lowest BCUT2D eigenvalue weighted by Gasteiger charge is -2.32. The molecular weight excluding hydrogens is 320 g/mol. The van der Waals surface area contributed by atoms with E-state index in [9.17, 15) is 4.79 Å². The minimum atomic E-state index is -0.254. The van der Waals surface area contributed by atoms with Crippen LogP contribution in [0.4, 0.5) is 5.95 Å². The molecule has 1 aliphatic heterocycles. The SMILES string of the molecule is CN(C)c1nccc([C@H]2CN(C(=O)COc3ccccc3)CCO2)n1. The van der Waals surface area contributed by atoms with Gasteiger partial charge in [0.2, 0.25) is 5.95 Å². The fourth-order valence-corrected chi connectivity index (χ4v) is 2.56. The maximum Gasteiger partial charge on any atom is 0.260 e. The van der Waals surface area contributed by atoms with Crippen LogP contribution in [-0.4, -0.2) is 61.2 Å². The number of morpholine rings is 1. The van der Waals surface area contributed by atoms with E-state index in [0.29, 0.717) is 31.4 Å². The predicted octanol–water partition coefficient (Wildman–Crippen LogP) is 1.52. The molecule has 1 amide bonds. The van der Waals surface area contributed by atoms with Crippen molar-refractivity contribution in [2.75, 3.05) is 45.3 Å². The van der Waals surface area contributed by atoms with Crippen molar-refractivity contribution in [3.8, 4) is 5.75 Å². The van der Waals surface area contributed by atoms with Gasteiger partial charge in [-0.05, 0) is 18.2 Å². The second-order valence-corrected chi connectivity index (χ2v) is 5.98. The van der Waals surface area contributed by atoms with Crippen molar-refractivity contribution in [2.24, 2.45) is 0 Å². The molecule has 0 bridgehead atoms. The molecule has 2 aromatic rings. The highest BCUT2D eigenvalue weighted by Gasteiger charge is 2.27. The summed E-state index contributed by atoms with van der Waals surface area (Å²) < 4.78 is 11.3. The lowest BCUT2D eigenvalue weighted by Crippen LogP contribution is -2.44. The normalized spacial score (nSPS) is 17.2. The third-order valence-corrected chi connectivity index (χ3v) is 3.92. The predicted molar refractivity (Wildman–Crippen MR) is 93.6 cm³/mol. The van der Waals surface area contributed by atoms with Gasteiger partial charge in [0.15, 0.2) is 6.61 Å². The highest BCUT2D eigenvalue weighted by atomic mass is 16.5. The Morgan fingerprint density at radius 3 is 2.88 bits per heavy atom. The summed E-state index contributed by atoms with van der Waals surface area (Å²) >= 11 is 0. The third kappa shape index (κ3) is 4.45. The van der Waals surface area contributed by atoms with Gasteiger partial charge in [-0.25, -0.2) is 9.97 Å². The first-order valence-corrected chi connectivity index (χ1v) is 8.21. The zero-order valence-corrected chi connectivity index (χ0v) is 14.5. The number of carbonyl (C=O) groups excluding carboxylic acids is 1. The van der Waals surface area contributed by atoms with Crippen molar-refractivity contribution in [1.82, 2.24) is 14.9 Å². The third-order valence-electron chi connectivity index (χ3n) is 3.92. The molecule has 1 aromatic carbocycles. The first kappa shape index (κ1) is 17.2. The van der Waals surface area contributed by atoms with Gasteiger partial charge in [0.05, 0.1) is 18.8 Å². The van der Waals surface area contributed by atoms with Gasteiger partial charge in [-0.3, -0.25) is 4.79 Å². The molecule has 0 saturated carbocycles. The average molecular weight is 342 g/mol. The Labute approximate surface area is 147 Å². The molecule has 7 heteroatoms. The van der Waals surface area contributed by atoms with Crippen LogP contribution in [-0.2, 0) is 9.53 Å². The number of amides is 1. The smallest absolute Gasteiger partial charge is 0.260 e. The minimum Gasteiger partial charge on any atom is -0.484 e. The number of aromatic nitrogens is 2. The maximum absolute atomic E-state index is 12.4. The molecule has 0 unspecified atom stereocenters. The van der Waals surface area contributed by atoms with Crippen LogP contribution in [0.15, 0.2) is 42.6 Å². The van der Waals surface area contributed by atoms with Gasteiger partial charge in [-0.2, -0.15) is 0 Å². The Morgan fingerprint density at radius 2 is 2.12 bits per heavy atom. The summed E-state index contributed by atoms with van der Waals surface area (Å²) in [6, 6.07) is 11.2. The Kier molecular flexibility index (Phi) is 5.45. The first-order valence-electron chi connectivity index (χ1n) is 8.21. The van der Waals surface area contributed by atoms with Crippen molar-refractivity contribution >= 4 is 11.9 Å². The number of hydrogen-bond donors (Lipinski definition) is 0. The Hall–Kier alpha value is -2.67. The quantitative estimate of drug-likeness (QED) is 0.821. The molecule has 7 nitrogen and oxygen atoms in total. The van der Waals surface area contributed by atoms with Gasteiger partial charge >= 0.3 is 0 Å². The topological polar surface area (TPSA) is 67.8 Å². The fraction of sp³-hybridized carbons (Fsp3) is 0.389. The minimum absolute atomic E-state index is 0.0173. The summed E-state index contributed by atoms with van der Waals surface area (Å²) in [7, 11) is 3.77. The highest BCUT2D eigenvalue weighted by molar-refractivity contribution is 5.78. The second-order valence-electron chi connectivity index (χ2n) is 5.98. The number of para-hydroxylation sites is 1. The van der Waals surface area contributed by atoms with Crippen LogP contribution >= 0.6 is 0 Å². The number of rotatable bonds is 5. The van der Waals surface area contributed by atoms with Crippen molar-refractivity contribution in [3.05, 3.63) is 48.3 Å². The van der Waals surface area contributed by atoms with E-state index in [2.05, 4.69) is 9.97 Å². The Bertz CT molecular complexity index is 708. The molecule has 1 fully saturated rings. The summed E-state index contributed by atoms with van der Waals surface area (Å²) in [4.78, 5) is 24.7. The van der Waals surface area contributed by atoms with Crippen LogP contribution in [0.3, 0.4) is 0 Å². The van der Waals surface area contributed by atoms with Crippen molar-refractivity contribution in [3.63, 3.8) is 0 Å². The molecule has 25 heavy (non-hydrogen) atoms. The van der Waals surface area contributed by atoms with E-state index in [1.165, 1.54) is 0 Å². The number of nitrogens with zero attached hydrogens (tertiary/aromatic N) is 4. The number of anilines is 1. The monoisotopic (exact) mass is 342 g/mol. The summed E-state index contributed by atoms with van der Waals surface area (Å²) in [5.74, 6) is 1.25. The van der Waals surface area contributed by atoms with E-state index in [0.717, 1.165) is 5.69 Å². The van der Waals surface area contributed by atoms with E-state index in [-0.39, 0.29) is 18.6 Å². The maximum atomic E-state index is 12.4. The molecule has 1 atom stereocenters. The molecule has 1 saturated heterocycles. The van der Waals surface area contributed by atoms with Crippen LogP contribution < -0.4 is 9.64 Å². The van der Waals surface area contributed by atoms with Gasteiger partial charge in [-0.1, -0.05) is 18.2 Å². The summed E-state index contributed by atoms with van der Waals surface area (Å²) in [5, 5.41) is 0. The van der Waals surface area contributed by atoms with E-state index in [1.54, 1.807) is 11.1 Å². The van der Waals surface area contributed by atoms with E-state index < -0.39 is 0 Å². The molecule has 1 aromatic heterocycles. The van der Waals surface area contributed by atoms with Gasteiger partial charge < -0.3 is 19.3 Å². The van der Waals surface area contributed by atoms with E-state index in [1.807, 2.05) is 55.4 Å². The van der Waals surface area contributed by atoms with Gasteiger partial charge in [0.1, 0.15) is 11.9 Å². The zero-order chi connectivity index (χ0) is 17.6. The lowest BCUT2D eigenvalue weighted by molar-refractivity contribution is -0.141. The van der Waals surface area contributed by atoms with E-state index >= 15 is 0 Å². The van der Waals surface area contributed by atoms with Crippen LogP contribution in [0, 0.1) is 0 Å². The summed E-state index contributed by atoms with van der Waals surface area (Å²) in [5.41, 5.74) is 0.778. The van der Waals surface area contributed by atoms with Crippen molar-refractivity contribution < 1.29 is 14.3 Å². The Balaban J connectivity index is 1.60. The largest absolute Gasteiger partial charge is 0.484 e. The van der Waals surface area contributed by atoms with Gasteiger partial charge in [0, 0.05) is 26.8 Å². The average Bonchev–Trinajstić information content (AvgIpc) is 2.67. The zero-order valence-electron chi connectivity index (χ0n) is 14.5. The standard InChI is InChI=1S/C18H22N4O3/c1-21(2)18-19-9-8-15(20-18)16-12-22(10-11-24-16)17(23)13-25-14-6-4-3-5-7-14/h3-9,16H,10-13H2,1-2H3/t16-/m1/s1. The van der Waals surface area contributed by atoms with Crippen molar-refractivity contribution in [1.29, 1.82) is 0 Å². The molecular formula is C18H22N4O3. The number of hydrogen-bond acceptors (Lipinski definition) is 6. The fourth-order valence-electron chi connectivity index (χ4n) is 2.56. The molecule has 0 radical (unpaired) electrons. The van der Waals surface area contributed by atoms with Gasteiger partial charge in [0.25, 0.3) is 5.91 Å². The number of carbonyl (C=O) groups is 1. The molecule has 2 heterocycles. The second kappa shape index (κ2) is 7.94. The Morgan fingerprint density at radius 1 is 1.32 bits per heavy atom. The summed E-state index contributed by atoms with van der Waals surface area (Å²) in [6.45, 7) is 1.51. The molecule has 3 rings (SSSR count). The van der Waals surface area contributed by atoms with Crippen LogP contribution in [0.5, 0.6) is 5.75 Å². The van der Waals surface area contributed by atoms with E-state index in [4.69, 9.17) is 9.47 Å². The molecule has 0 N–H and O–H groups in total.